The van der Waals surface area contributed by atoms with Gasteiger partial charge in [-0.15, -0.1) is 0 Å². The van der Waals surface area contributed by atoms with Crippen LogP contribution in [0, 0.1) is 5.41 Å². The van der Waals surface area contributed by atoms with Crippen LogP contribution in [-0.4, -0.2) is 29.1 Å². The van der Waals surface area contributed by atoms with Crippen LogP contribution >= 0.6 is 27.5 Å². The quantitative estimate of drug-likeness (QED) is 0.875. The minimum Gasteiger partial charge on any atom is -0.481 e. The first-order valence-corrected chi connectivity index (χ1v) is 8.03. The molecule has 1 fully saturated rings. The van der Waals surface area contributed by atoms with E-state index >= 15 is 0 Å². The van der Waals surface area contributed by atoms with Crippen LogP contribution in [0.3, 0.4) is 0 Å². The normalized spacial score (nSPS) is 23.8. The maximum Gasteiger partial charge on any atom is 0.310 e. The second-order valence-electron chi connectivity index (χ2n) is 5.49. The number of carbonyl (C=O) groups is 1. The molecule has 20 heavy (non-hydrogen) atoms. The highest BCUT2D eigenvalue weighted by atomic mass is 79.9. The first kappa shape index (κ1) is 15.8. The van der Waals surface area contributed by atoms with Crippen molar-refractivity contribution in [3.05, 3.63) is 33.3 Å². The van der Waals surface area contributed by atoms with Gasteiger partial charge in [0.1, 0.15) is 0 Å². The molecule has 0 amide bonds. The van der Waals surface area contributed by atoms with E-state index in [4.69, 9.17) is 11.6 Å². The summed E-state index contributed by atoms with van der Waals surface area (Å²) in [4.78, 5) is 13.8. The van der Waals surface area contributed by atoms with Gasteiger partial charge in [0.15, 0.2) is 0 Å². The van der Waals surface area contributed by atoms with Crippen molar-refractivity contribution in [1.82, 2.24) is 4.90 Å². The second-order valence-corrected chi connectivity index (χ2v) is 6.78. The highest BCUT2D eigenvalue weighted by Crippen LogP contribution is 2.35. The van der Waals surface area contributed by atoms with Gasteiger partial charge in [-0.3, -0.25) is 9.69 Å². The summed E-state index contributed by atoms with van der Waals surface area (Å²) in [6.07, 6.45) is 2.39. The fourth-order valence-corrected chi connectivity index (χ4v) is 3.68. The van der Waals surface area contributed by atoms with E-state index in [2.05, 4.69) is 20.8 Å². The molecule has 1 aromatic carbocycles. The Labute approximate surface area is 133 Å². The number of hydrogen-bond donors (Lipinski definition) is 1. The second kappa shape index (κ2) is 6.46. The molecule has 0 aromatic heterocycles. The van der Waals surface area contributed by atoms with Crippen LogP contribution in [0.25, 0.3) is 0 Å². The molecule has 0 spiro atoms. The third-order valence-corrected chi connectivity index (χ3v) is 5.17. The Morgan fingerprint density at radius 1 is 1.55 bits per heavy atom. The molecule has 1 heterocycles. The number of benzene rings is 1. The van der Waals surface area contributed by atoms with Gasteiger partial charge in [-0.25, -0.2) is 0 Å². The lowest BCUT2D eigenvalue weighted by atomic mass is 9.77. The molecule has 5 heteroatoms. The SMILES string of the molecule is CCC1(C(=O)O)CCCN(Cc2ccc(Cl)cc2Br)C1. The number of halogens is 2. The fraction of sp³-hybridized carbons (Fsp3) is 0.533. The van der Waals surface area contributed by atoms with Crippen molar-refractivity contribution in [1.29, 1.82) is 0 Å². The summed E-state index contributed by atoms with van der Waals surface area (Å²) < 4.78 is 0.980. The molecule has 3 nitrogen and oxygen atoms in total. The molecule has 0 radical (unpaired) electrons. The Balaban J connectivity index is 2.11. The zero-order chi connectivity index (χ0) is 14.8. The predicted molar refractivity (Wildman–Crippen MR) is 84.0 cm³/mol. The molecule has 1 aliphatic heterocycles. The van der Waals surface area contributed by atoms with Gasteiger partial charge in [0, 0.05) is 22.6 Å². The van der Waals surface area contributed by atoms with E-state index in [1.54, 1.807) is 0 Å². The molecule has 1 unspecified atom stereocenters. The first-order chi connectivity index (χ1) is 9.47. The van der Waals surface area contributed by atoms with E-state index in [-0.39, 0.29) is 0 Å². The van der Waals surface area contributed by atoms with Crippen molar-refractivity contribution < 1.29 is 9.90 Å². The number of piperidine rings is 1. The molecule has 1 aliphatic rings. The van der Waals surface area contributed by atoms with Crippen molar-refractivity contribution in [2.45, 2.75) is 32.7 Å². The third kappa shape index (κ3) is 3.35. The van der Waals surface area contributed by atoms with Crippen molar-refractivity contribution in [3.63, 3.8) is 0 Å². The number of likely N-dealkylation sites (tertiary alicyclic amines) is 1. The molecule has 2 rings (SSSR count). The first-order valence-electron chi connectivity index (χ1n) is 6.86. The molecule has 0 saturated carbocycles. The average Bonchev–Trinajstić information content (AvgIpc) is 2.42. The minimum absolute atomic E-state index is 0.586. The van der Waals surface area contributed by atoms with Gasteiger partial charge in [0.25, 0.3) is 0 Å². The van der Waals surface area contributed by atoms with Crippen LogP contribution in [0.2, 0.25) is 5.02 Å². The highest BCUT2D eigenvalue weighted by molar-refractivity contribution is 9.10. The summed E-state index contributed by atoms with van der Waals surface area (Å²) in [5.74, 6) is -0.667. The van der Waals surface area contributed by atoms with E-state index in [1.165, 1.54) is 0 Å². The summed E-state index contributed by atoms with van der Waals surface area (Å²) in [5.41, 5.74) is 0.559. The minimum atomic E-state index is -0.667. The smallest absolute Gasteiger partial charge is 0.310 e. The Morgan fingerprint density at radius 2 is 2.30 bits per heavy atom. The van der Waals surface area contributed by atoms with Crippen LogP contribution in [0.5, 0.6) is 0 Å². The molecule has 0 bridgehead atoms. The Morgan fingerprint density at radius 3 is 2.90 bits per heavy atom. The Hall–Kier alpha value is -0.580. The predicted octanol–water partition coefficient (Wildman–Crippen LogP) is 4.18. The van der Waals surface area contributed by atoms with Gasteiger partial charge in [-0.1, -0.05) is 40.5 Å². The lowest BCUT2D eigenvalue weighted by Gasteiger charge is -2.39. The summed E-state index contributed by atoms with van der Waals surface area (Å²) in [6, 6.07) is 5.75. The number of aliphatic carboxylic acids is 1. The average molecular weight is 361 g/mol. The zero-order valence-electron chi connectivity index (χ0n) is 11.5. The fourth-order valence-electron chi connectivity index (χ4n) is 2.87. The van der Waals surface area contributed by atoms with Crippen molar-refractivity contribution in [3.8, 4) is 0 Å². The van der Waals surface area contributed by atoms with Gasteiger partial charge in [0.05, 0.1) is 5.41 Å². The van der Waals surface area contributed by atoms with Crippen LogP contribution in [0.1, 0.15) is 31.7 Å². The van der Waals surface area contributed by atoms with Crippen LogP contribution < -0.4 is 0 Å². The molecule has 1 saturated heterocycles. The lowest BCUT2D eigenvalue weighted by molar-refractivity contribution is -0.153. The zero-order valence-corrected chi connectivity index (χ0v) is 13.9. The summed E-state index contributed by atoms with van der Waals surface area (Å²) in [5, 5.41) is 10.2. The summed E-state index contributed by atoms with van der Waals surface area (Å²) in [7, 11) is 0. The Kier molecular flexibility index (Phi) is 5.10. The number of nitrogens with zero attached hydrogens (tertiary/aromatic N) is 1. The van der Waals surface area contributed by atoms with E-state index in [1.807, 2.05) is 25.1 Å². The van der Waals surface area contributed by atoms with Gasteiger partial charge in [0.2, 0.25) is 0 Å². The van der Waals surface area contributed by atoms with Crippen molar-refractivity contribution in [2.75, 3.05) is 13.1 Å². The van der Waals surface area contributed by atoms with Crippen molar-refractivity contribution >= 4 is 33.5 Å². The van der Waals surface area contributed by atoms with E-state index in [0.29, 0.717) is 18.0 Å². The maximum atomic E-state index is 11.6. The largest absolute Gasteiger partial charge is 0.481 e. The molecular formula is C15H19BrClNO2. The third-order valence-electron chi connectivity index (χ3n) is 4.20. The van der Waals surface area contributed by atoms with Gasteiger partial charge >= 0.3 is 5.97 Å². The van der Waals surface area contributed by atoms with Crippen LogP contribution in [-0.2, 0) is 11.3 Å². The van der Waals surface area contributed by atoms with E-state index in [9.17, 15) is 9.90 Å². The number of rotatable bonds is 4. The highest BCUT2D eigenvalue weighted by Gasteiger charge is 2.40. The summed E-state index contributed by atoms with van der Waals surface area (Å²) in [6.45, 7) is 4.29. The van der Waals surface area contributed by atoms with Crippen LogP contribution in [0.4, 0.5) is 0 Å². The standard InChI is InChI=1S/C15H19BrClNO2/c1-2-15(14(19)20)6-3-7-18(10-15)9-11-4-5-12(17)8-13(11)16/h4-5,8H,2-3,6-7,9-10H2,1H3,(H,19,20). The molecule has 1 atom stereocenters. The van der Waals surface area contributed by atoms with Crippen molar-refractivity contribution in [2.24, 2.45) is 5.41 Å². The van der Waals surface area contributed by atoms with Crippen LogP contribution in [0.15, 0.2) is 22.7 Å². The topological polar surface area (TPSA) is 40.5 Å². The Bertz CT molecular complexity index is 509. The van der Waals surface area contributed by atoms with Gasteiger partial charge in [-0.05, 0) is 43.5 Å². The monoisotopic (exact) mass is 359 g/mol. The van der Waals surface area contributed by atoms with E-state index in [0.717, 1.165) is 36.0 Å². The molecular weight excluding hydrogens is 342 g/mol. The number of hydrogen-bond acceptors (Lipinski definition) is 2. The van der Waals surface area contributed by atoms with Gasteiger partial charge in [-0.2, -0.15) is 0 Å². The number of carboxylic acid groups (broad SMARTS) is 1. The van der Waals surface area contributed by atoms with E-state index < -0.39 is 11.4 Å². The molecule has 110 valence electrons. The van der Waals surface area contributed by atoms with Gasteiger partial charge < -0.3 is 5.11 Å². The molecule has 1 aromatic rings. The maximum absolute atomic E-state index is 11.6. The summed E-state index contributed by atoms with van der Waals surface area (Å²) >= 11 is 9.47. The lowest BCUT2D eigenvalue weighted by Crippen LogP contribution is -2.47. The number of carboxylic acids is 1. The molecule has 1 N–H and O–H groups in total. The molecule has 0 aliphatic carbocycles.